The highest BCUT2D eigenvalue weighted by atomic mass is 19.4. The number of para-hydroxylation sites is 1. The Morgan fingerprint density at radius 1 is 1.03 bits per heavy atom. The van der Waals surface area contributed by atoms with Crippen molar-refractivity contribution >= 4 is 6.09 Å². The lowest BCUT2D eigenvalue weighted by atomic mass is 10.0. The molecule has 0 aliphatic rings. The van der Waals surface area contributed by atoms with Crippen LogP contribution in [0.3, 0.4) is 0 Å². The predicted molar refractivity (Wildman–Crippen MR) is 114 cm³/mol. The van der Waals surface area contributed by atoms with Crippen molar-refractivity contribution in [3.8, 4) is 5.75 Å². The Balaban J connectivity index is 2.01. The summed E-state index contributed by atoms with van der Waals surface area (Å²) >= 11 is 0. The van der Waals surface area contributed by atoms with Gasteiger partial charge in [-0.2, -0.15) is 0 Å². The maximum atomic E-state index is 12.6. The number of amides is 1. The van der Waals surface area contributed by atoms with Gasteiger partial charge in [-0.15, -0.1) is 13.2 Å². The van der Waals surface area contributed by atoms with Crippen LogP contribution in [0.5, 0.6) is 5.75 Å². The lowest BCUT2D eigenvalue weighted by molar-refractivity contribution is -0.274. The van der Waals surface area contributed by atoms with E-state index in [1.165, 1.54) is 18.2 Å². The number of ether oxygens (including phenoxy) is 2. The highest BCUT2D eigenvalue weighted by Crippen LogP contribution is 2.26. The average molecular weight is 454 g/mol. The van der Waals surface area contributed by atoms with Gasteiger partial charge in [0.2, 0.25) is 0 Å². The van der Waals surface area contributed by atoms with Gasteiger partial charge in [-0.1, -0.05) is 48.5 Å². The number of carbonyl (C=O) groups is 1. The van der Waals surface area contributed by atoms with E-state index in [9.17, 15) is 23.1 Å². The molecule has 0 aliphatic heterocycles. The van der Waals surface area contributed by atoms with Gasteiger partial charge >= 0.3 is 12.5 Å². The first-order chi connectivity index (χ1) is 14.9. The minimum Gasteiger partial charge on any atom is -0.444 e. The number of aliphatic hydroxyl groups is 1. The molecule has 6 nitrogen and oxygen atoms in total. The molecule has 176 valence electrons. The molecule has 0 bridgehead atoms. The lowest BCUT2D eigenvalue weighted by Gasteiger charge is -2.27. The van der Waals surface area contributed by atoms with Crippen molar-refractivity contribution in [2.24, 2.45) is 0 Å². The zero-order valence-corrected chi connectivity index (χ0v) is 18.3. The maximum absolute atomic E-state index is 12.6. The first-order valence-electron chi connectivity index (χ1n) is 10.2. The molecule has 32 heavy (non-hydrogen) atoms. The zero-order chi connectivity index (χ0) is 23.8. The topological polar surface area (TPSA) is 79.8 Å². The Morgan fingerprint density at radius 3 is 2.28 bits per heavy atom. The molecule has 0 unspecified atom stereocenters. The van der Waals surface area contributed by atoms with Crippen molar-refractivity contribution in [2.75, 3.05) is 6.54 Å². The molecule has 0 saturated carbocycles. The molecule has 2 atom stereocenters. The third-order valence-electron chi connectivity index (χ3n) is 4.33. The third-order valence-corrected chi connectivity index (χ3v) is 4.33. The van der Waals surface area contributed by atoms with Crippen LogP contribution in [-0.2, 0) is 17.7 Å². The minimum atomic E-state index is -4.80. The maximum Gasteiger partial charge on any atom is 0.573 e. The fourth-order valence-corrected chi connectivity index (χ4v) is 2.98. The van der Waals surface area contributed by atoms with Gasteiger partial charge in [0.1, 0.15) is 11.4 Å². The number of carbonyl (C=O) groups excluding carboxylic acids is 1. The SMILES string of the molecule is CC(C)(C)OC(=O)N[C@@H](Cc1ccccc1)[C@H](O)CNCc1ccccc1OC(F)(F)F. The van der Waals surface area contributed by atoms with Gasteiger partial charge in [0.05, 0.1) is 12.1 Å². The molecule has 0 radical (unpaired) electrons. The Morgan fingerprint density at radius 2 is 1.66 bits per heavy atom. The number of hydrogen-bond acceptors (Lipinski definition) is 5. The number of hydrogen-bond donors (Lipinski definition) is 3. The summed E-state index contributed by atoms with van der Waals surface area (Å²) in [6, 6.07) is 14.4. The molecule has 2 rings (SSSR count). The highest BCUT2D eigenvalue weighted by Gasteiger charge is 2.32. The van der Waals surface area contributed by atoms with Crippen LogP contribution in [0, 0.1) is 0 Å². The number of nitrogens with one attached hydrogen (secondary N) is 2. The van der Waals surface area contributed by atoms with Gasteiger partial charge in [-0.25, -0.2) is 4.79 Å². The minimum absolute atomic E-state index is 0.0215. The summed E-state index contributed by atoms with van der Waals surface area (Å²) in [4.78, 5) is 12.2. The fraction of sp³-hybridized carbons (Fsp3) is 0.435. The van der Waals surface area contributed by atoms with Crippen LogP contribution in [-0.4, -0.2) is 41.9 Å². The summed E-state index contributed by atoms with van der Waals surface area (Å²) in [6.07, 6.45) is -6.15. The molecule has 2 aromatic rings. The van der Waals surface area contributed by atoms with E-state index >= 15 is 0 Å². The average Bonchev–Trinajstić information content (AvgIpc) is 2.67. The van der Waals surface area contributed by atoms with Gasteiger partial charge in [-0.05, 0) is 38.8 Å². The van der Waals surface area contributed by atoms with Crippen LogP contribution in [0.1, 0.15) is 31.9 Å². The molecule has 0 aliphatic carbocycles. The van der Waals surface area contributed by atoms with E-state index in [1.807, 2.05) is 30.3 Å². The van der Waals surface area contributed by atoms with Gasteiger partial charge < -0.3 is 25.2 Å². The third kappa shape index (κ3) is 9.57. The Hall–Kier alpha value is -2.78. The van der Waals surface area contributed by atoms with Gasteiger partial charge in [0, 0.05) is 18.7 Å². The molecular weight excluding hydrogens is 425 g/mol. The normalized spacial score (nSPS) is 13.8. The van der Waals surface area contributed by atoms with Crippen molar-refractivity contribution in [3.05, 3.63) is 65.7 Å². The largest absolute Gasteiger partial charge is 0.573 e. The van der Waals surface area contributed by atoms with Gasteiger partial charge in [0.25, 0.3) is 0 Å². The van der Waals surface area contributed by atoms with E-state index in [1.54, 1.807) is 26.8 Å². The quantitative estimate of drug-likeness (QED) is 0.530. The van der Waals surface area contributed by atoms with Crippen molar-refractivity contribution in [1.82, 2.24) is 10.6 Å². The van der Waals surface area contributed by atoms with E-state index in [-0.39, 0.29) is 24.4 Å². The molecule has 0 fully saturated rings. The lowest BCUT2D eigenvalue weighted by Crippen LogP contribution is -2.49. The number of benzene rings is 2. The summed E-state index contributed by atoms with van der Waals surface area (Å²) in [5, 5.41) is 16.3. The number of rotatable bonds is 9. The first-order valence-corrected chi connectivity index (χ1v) is 10.2. The van der Waals surface area contributed by atoms with Gasteiger partial charge in [0.15, 0.2) is 0 Å². The van der Waals surface area contributed by atoms with Crippen LogP contribution >= 0.6 is 0 Å². The Labute approximate surface area is 185 Å². The van der Waals surface area contributed by atoms with E-state index in [4.69, 9.17) is 4.74 Å². The molecule has 0 heterocycles. The van der Waals surface area contributed by atoms with Crippen LogP contribution in [0.4, 0.5) is 18.0 Å². The molecule has 9 heteroatoms. The molecule has 0 saturated heterocycles. The first kappa shape index (κ1) is 25.5. The standard InChI is InChI=1S/C23H29F3N2O4/c1-22(2,3)32-21(30)28-18(13-16-9-5-4-6-10-16)19(29)15-27-14-17-11-7-8-12-20(17)31-23(24,25)26/h4-12,18-19,27,29H,13-15H2,1-3H3,(H,28,30)/t18-,19+/m0/s1. The van der Waals surface area contributed by atoms with Crippen LogP contribution in [0.25, 0.3) is 0 Å². The molecule has 1 amide bonds. The van der Waals surface area contributed by atoms with Crippen molar-refractivity contribution < 1.29 is 32.5 Å². The van der Waals surface area contributed by atoms with Crippen LogP contribution in [0.15, 0.2) is 54.6 Å². The Bertz CT molecular complexity index is 854. The number of aliphatic hydroxyl groups excluding tert-OH is 1. The number of halogens is 3. The van der Waals surface area contributed by atoms with E-state index in [2.05, 4.69) is 15.4 Å². The number of alkyl carbamates (subject to hydrolysis) is 1. The highest BCUT2D eigenvalue weighted by molar-refractivity contribution is 5.68. The summed E-state index contributed by atoms with van der Waals surface area (Å²) < 4.78 is 47.1. The summed E-state index contributed by atoms with van der Waals surface area (Å²) in [5.74, 6) is -0.310. The van der Waals surface area contributed by atoms with Gasteiger partial charge in [-0.3, -0.25) is 0 Å². The molecule has 0 aromatic heterocycles. The van der Waals surface area contributed by atoms with Crippen LogP contribution in [0.2, 0.25) is 0 Å². The molecule has 0 spiro atoms. The zero-order valence-electron chi connectivity index (χ0n) is 18.3. The molecule has 3 N–H and O–H groups in total. The summed E-state index contributed by atoms with van der Waals surface area (Å²) in [6.45, 7) is 5.26. The van der Waals surface area contributed by atoms with Crippen LogP contribution < -0.4 is 15.4 Å². The van der Waals surface area contributed by atoms with Crippen molar-refractivity contribution in [3.63, 3.8) is 0 Å². The Kier molecular flexibility index (Phi) is 8.91. The smallest absolute Gasteiger partial charge is 0.444 e. The predicted octanol–water partition coefficient (Wildman–Crippen LogP) is 4.17. The van der Waals surface area contributed by atoms with E-state index < -0.39 is 30.2 Å². The second kappa shape index (κ2) is 11.2. The number of alkyl halides is 3. The molecular formula is C23H29F3N2O4. The van der Waals surface area contributed by atoms with E-state index in [0.717, 1.165) is 5.56 Å². The van der Waals surface area contributed by atoms with Crippen molar-refractivity contribution in [2.45, 2.75) is 57.8 Å². The van der Waals surface area contributed by atoms with Crippen molar-refractivity contribution in [1.29, 1.82) is 0 Å². The summed E-state index contributed by atoms with van der Waals surface area (Å²) in [7, 11) is 0. The monoisotopic (exact) mass is 454 g/mol. The fourth-order valence-electron chi connectivity index (χ4n) is 2.98. The second-order valence-electron chi connectivity index (χ2n) is 8.30. The molecule has 2 aromatic carbocycles. The van der Waals surface area contributed by atoms with E-state index in [0.29, 0.717) is 6.42 Å². The second-order valence-corrected chi connectivity index (χ2v) is 8.30. The summed E-state index contributed by atoms with van der Waals surface area (Å²) in [5.41, 5.74) is 0.487.